The Morgan fingerprint density at radius 2 is 1.93 bits per heavy atom. The molecule has 0 radical (unpaired) electrons. The zero-order valence-electron chi connectivity index (χ0n) is 15.9. The summed E-state index contributed by atoms with van der Waals surface area (Å²) in [7, 11) is 1.39. The second kappa shape index (κ2) is 11.7. The predicted molar refractivity (Wildman–Crippen MR) is 124 cm³/mol. The summed E-state index contributed by atoms with van der Waals surface area (Å²) in [5.74, 6) is 4.57. The number of hydrazine groups is 1. The van der Waals surface area contributed by atoms with Crippen LogP contribution in [0.15, 0.2) is 52.8 Å². The minimum atomic E-state index is -0.896. The number of carbonyl (C=O) groups is 2. The first-order chi connectivity index (χ1) is 14.1. The molecule has 0 fully saturated rings. The highest BCUT2D eigenvalue weighted by atomic mass is 35.5. The fraction of sp³-hybridized carbons (Fsp3) is 0.111. The number of nitrogens with zero attached hydrogens (tertiary/aromatic N) is 2. The minimum Gasteiger partial charge on any atom is -0.355 e. The normalized spacial score (nSPS) is 12.3. The van der Waals surface area contributed by atoms with Crippen molar-refractivity contribution in [3.8, 4) is 0 Å². The molecule has 0 spiro atoms. The summed E-state index contributed by atoms with van der Waals surface area (Å²) < 4.78 is 0. The average molecular weight is 492 g/mol. The molecule has 12 heteroatoms. The predicted octanol–water partition coefficient (Wildman–Crippen LogP) is 3.93. The van der Waals surface area contributed by atoms with E-state index in [-0.39, 0.29) is 37.9 Å². The van der Waals surface area contributed by atoms with Gasteiger partial charge in [-0.15, -0.1) is 0 Å². The van der Waals surface area contributed by atoms with Crippen molar-refractivity contribution in [3.05, 3.63) is 63.4 Å². The lowest BCUT2D eigenvalue weighted by atomic mass is 10.1. The molecule has 0 aliphatic heterocycles. The summed E-state index contributed by atoms with van der Waals surface area (Å²) in [6.45, 7) is 5.13. The Balaban J connectivity index is 3.53. The van der Waals surface area contributed by atoms with E-state index in [1.807, 2.05) is 0 Å². The monoisotopic (exact) mass is 490 g/mol. The number of aliphatic imine (C=N–C) groups is 1. The van der Waals surface area contributed by atoms with Crippen LogP contribution < -0.4 is 21.5 Å². The van der Waals surface area contributed by atoms with Gasteiger partial charge in [-0.25, -0.2) is 15.8 Å². The average Bonchev–Trinajstić information content (AvgIpc) is 2.69. The molecule has 0 saturated heterocycles. The number of nitrogens with one attached hydrogen (secondary N) is 3. The fourth-order valence-electron chi connectivity index (χ4n) is 2.14. The van der Waals surface area contributed by atoms with Crippen LogP contribution in [0.5, 0.6) is 0 Å². The molecule has 0 aliphatic rings. The lowest BCUT2D eigenvalue weighted by Crippen LogP contribution is -2.44. The van der Waals surface area contributed by atoms with Gasteiger partial charge in [0.05, 0.1) is 21.3 Å². The number of anilines is 1. The maximum absolute atomic E-state index is 13.1. The van der Waals surface area contributed by atoms with Gasteiger partial charge in [-0.3, -0.25) is 15.0 Å². The summed E-state index contributed by atoms with van der Waals surface area (Å²) in [4.78, 5) is 29.3. The number of carbonyl (C=O) groups excluding carboxylic acids is 2. The Bertz CT molecular complexity index is 972. The van der Waals surface area contributed by atoms with Crippen molar-refractivity contribution in [1.82, 2.24) is 10.6 Å². The van der Waals surface area contributed by atoms with Gasteiger partial charge in [-0.1, -0.05) is 59.1 Å². The maximum Gasteiger partial charge on any atom is 0.289 e. The number of benzene rings is 1. The summed E-state index contributed by atoms with van der Waals surface area (Å²) in [5, 5.41) is 13.0. The number of nitrogens with two attached hydrogens (primary N) is 1. The van der Waals surface area contributed by atoms with E-state index in [2.05, 4.69) is 22.2 Å². The number of amides is 2. The molecule has 0 heterocycles. The first-order valence-electron chi connectivity index (χ1n) is 8.11. The van der Waals surface area contributed by atoms with Crippen molar-refractivity contribution in [3.63, 3.8) is 0 Å². The van der Waals surface area contributed by atoms with Gasteiger partial charge in [0.25, 0.3) is 11.8 Å². The van der Waals surface area contributed by atoms with E-state index in [9.17, 15) is 9.59 Å². The maximum atomic E-state index is 13.1. The lowest BCUT2D eigenvalue weighted by molar-refractivity contribution is -0.115. The Hall–Kier alpha value is -2.36. The zero-order chi connectivity index (χ0) is 23.0. The zero-order valence-corrected chi connectivity index (χ0v) is 18.9. The molecule has 5 N–H and O–H groups in total. The molecule has 0 atom stereocenters. The summed E-state index contributed by atoms with van der Waals surface area (Å²) in [5.41, 5.74) is -0.428. The van der Waals surface area contributed by atoms with E-state index in [4.69, 9.17) is 57.7 Å². The standard InChI is InChI=1S/C18H18Cl4N6O2/c1-4-11(20)16(26-5-2)27-13(8-14(22)23)18(30)28(24)15-10(17(29)25-3)6-9(19)7-12(15)21/h4-8,23H,2,24H2,1,3H3,(H,25,29)(H,26,27)/b11-4+,13-8-,23-14?. The van der Waals surface area contributed by atoms with Gasteiger partial charge in [-0.05, 0) is 19.1 Å². The largest absolute Gasteiger partial charge is 0.355 e. The Kier molecular flexibility index (Phi) is 10.0. The van der Waals surface area contributed by atoms with E-state index in [1.165, 1.54) is 31.5 Å². The van der Waals surface area contributed by atoms with Gasteiger partial charge in [0.1, 0.15) is 16.7 Å². The highest BCUT2D eigenvalue weighted by Crippen LogP contribution is 2.32. The molecule has 0 saturated carbocycles. The molecular formula is C18H18Cl4N6O2. The number of rotatable bonds is 7. The molecule has 1 aromatic carbocycles. The first-order valence-corrected chi connectivity index (χ1v) is 9.62. The summed E-state index contributed by atoms with van der Waals surface area (Å²) in [6, 6.07) is 2.62. The summed E-state index contributed by atoms with van der Waals surface area (Å²) >= 11 is 23.9. The molecule has 160 valence electrons. The van der Waals surface area contributed by atoms with Crippen molar-refractivity contribution in [2.45, 2.75) is 6.92 Å². The van der Waals surface area contributed by atoms with Gasteiger partial charge in [0.15, 0.2) is 0 Å². The molecule has 0 bridgehead atoms. The topological polar surface area (TPSA) is 124 Å². The highest BCUT2D eigenvalue weighted by molar-refractivity contribution is 6.67. The quantitative estimate of drug-likeness (QED) is 0.115. The number of halogens is 4. The van der Waals surface area contributed by atoms with E-state index in [1.54, 1.807) is 6.92 Å². The van der Waals surface area contributed by atoms with Crippen molar-refractivity contribution >= 4 is 74.9 Å². The SMILES string of the molecule is C=CN=C(N/C(=C\C(=N)Cl)C(=O)N(N)c1c(Cl)cc(Cl)cc1C(=O)NC)/C(Cl)=C\C. The third-order valence-corrected chi connectivity index (χ3v) is 4.43. The van der Waals surface area contributed by atoms with Crippen molar-refractivity contribution < 1.29 is 9.59 Å². The van der Waals surface area contributed by atoms with E-state index in [0.29, 0.717) is 5.01 Å². The van der Waals surface area contributed by atoms with Crippen LogP contribution in [0.1, 0.15) is 17.3 Å². The van der Waals surface area contributed by atoms with Crippen molar-refractivity contribution in [2.24, 2.45) is 10.8 Å². The second-order valence-corrected chi connectivity index (χ2v) is 7.02. The van der Waals surface area contributed by atoms with Crippen LogP contribution in [-0.2, 0) is 4.79 Å². The molecule has 8 nitrogen and oxygen atoms in total. The number of hydrogen-bond acceptors (Lipinski definition) is 5. The molecule has 2 amide bonds. The molecule has 1 aromatic rings. The third kappa shape index (κ3) is 6.58. The van der Waals surface area contributed by atoms with Crippen LogP contribution in [0.2, 0.25) is 10.0 Å². The van der Waals surface area contributed by atoms with Crippen LogP contribution in [0, 0.1) is 5.41 Å². The van der Waals surface area contributed by atoms with E-state index in [0.717, 1.165) is 6.08 Å². The molecular weight excluding hydrogens is 474 g/mol. The summed E-state index contributed by atoms with van der Waals surface area (Å²) in [6.07, 6.45) is 3.71. The third-order valence-electron chi connectivity index (χ3n) is 3.41. The van der Waals surface area contributed by atoms with Crippen LogP contribution >= 0.6 is 46.4 Å². The Morgan fingerprint density at radius 1 is 1.30 bits per heavy atom. The molecule has 0 unspecified atom stereocenters. The first kappa shape index (κ1) is 25.7. The second-order valence-electron chi connectivity index (χ2n) is 5.37. The van der Waals surface area contributed by atoms with Gasteiger partial charge >= 0.3 is 0 Å². The van der Waals surface area contributed by atoms with Gasteiger partial charge in [0.2, 0.25) is 0 Å². The van der Waals surface area contributed by atoms with Crippen molar-refractivity contribution in [2.75, 3.05) is 12.1 Å². The smallest absolute Gasteiger partial charge is 0.289 e. The number of allylic oxidation sites excluding steroid dienone is 2. The Morgan fingerprint density at radius 3 is 2.43 bits per heavy atom. The minimum absolute atomic E-state index is 0.0439. The van der Waals surface area contributed by atoms with Gasteiger partial charge in [-0.2, -0.15) is 0 Å². The Labute approximate surface area is 193 Å². The molecule has 1 rings (SSSR count). The van der Waals surface area contributed by atoms with Crippen LogP contribution in [0.3, 0.4) is 0 Å². The number of amidine groups is 1. The fourth-order valence-corrected chi connectivity index (χ4v) is 2.93. The molecule has 0 aliphatic carbocycles. The molecule has 30 heavy (non-hydrogen) atoms. The van der Waals surface area contributed by atoms with Crippen LogP contribution in [0.4, 0.5) is 5.69 Å². The van der Waals surface area contributed by atoms with Gasteiger partial charge < -0.3 is 10.6 Å². The lowest BCUT2D eigenvalue weighted by Gasteiger charge is -2.23. The van der Waals surface area contributed by atoms with Crippen LogP contribution in [-0.4, -0.2) is 29.9 Å². The highest BCUT2D eigenvalue weighted by Gasteiger charge is 2.26. The van der Waals surface area contributed by atoms with Crippen molar-refractivity contribution in [1.29, 1.82) is 5.41 Å². The van der Waals surface area contributed by atoms with Crippen LogP contribution in [0.25, 0.3) is 0 Å². The van der Waals surface area contributed by atoms with Gasteiger partial charge in [0, 0.05) is 24.3 Å². The number of hydrogen-bond donors (Lipinski definition) is 4. The van der Waals surface area contributed by atoms with E-state index >= 15 is 0 Å². The van der Waals surface area contributed by atoms with E-state index < -0.39 is 17.0 Å². The molecule has 0 aromatic heterocycles.